The highest BCUT2D eigenvalue weighted by Crippen LogP contribution is 2.34. The number of carbonyl (C=O) groups excluding carboxylic acids is 1. The second-order valence-corrected chi connectivity index (χ2v) is 4.73. The first-order valence-electron chi connectivity index (χ1n) is 6.14. The Labute approximate surface area is 115 Å². The molecule has 3 N–H and O–H groups in total. The highest BCUT2D eigenvalue weighted by Gasteiger charge is 2.26. The number of rotatable bonds is 1. The summed E-state index contributed by atoms with van der Waals surface area (Å²) in [6, 6.07) is 9.25. The molecular formula is C16H12O4. The maximum Gasteiger partial charge on any atom is 0.189 e. The SMILES string of the molecule is O=C1/C(=C/c2ccc(O)c(O)c2)Cc2c(O)cccc21. The smallest absolute Gasteiger partial charge is 0.189 e. The molecule has 0 aliphatic heterocycles. The van der Waals surface area contributed by atoms with Gasteiger partial charge in [-0.15, -0.1) is 0 Å². The highest BCUT2D eigenvalue weighted by molar-refractivity contribution is 6.16. The standard InChI is InChI=1S/C16H12O4/c17-13-3-1-2-11-12(13)8-10(16(11)20)6-9-4-5-14(18)15(19)7-9/h1-7,17-19H,8H2/b10-6+. The van der Waals surface area contributed by atoms with Crippen LogP contribution in [0.3, 0.4) is 0 Å². The largest absolute Gasteiger partial charge is 0.508 e. The van der Waals surface area contributed by atoms with Gasteiger partial charge in [0.15, 0.2) is 17.3 Å². The summed E-state index contributed by atoms with van der Waals surface area (Å²) in [5, 5.41) is 28.5. The van der Waals surface area contributed by atoms with E-state index in [4.69, 9.17) is 0 Å². The molecule has 0 heterocycles. The first-order chi connectivity index (χ1) is 9.56. The Morgan fingerprint density at radius 1 is 0.950 bits per heavy atom. The number of allylic oxidation sites excluding steroid dienone is 1. The Kier molecular flexibility index (Phi) is 2.71. The number of phenolic OH excluding ortho intramolecular Hbond substituents is 3. The molecule has 0 amide bonds. The molecular weight excluding hydrogens is 256 g/mol. The van der Waals surface area contributed by atoms with Gasteiger partial charge in [-0.2, -0.15) is 0 Å². The van der Waals surface area contributed by atoms with Crippen molar-refractivity contribution in [2.75, 3.05) is 0 Å². The van der Waals surface area contributed by atoms with E-state index in [1.54, 1.807) is 30.3 Å². The number of phenols is 3. The van der Waals surface area contributed by atoms with E-state index in [0.29, 0.717) is 28.7 Å². The Bertz CT molecular complexity index is 744. The second kappa shape index (κ2) is 4.42. The molecule has 0 radical (unpaired) electrons. The first kappa shape index (κ1) is 12.3. The zero-order chi connectivity index (χ0) is 14.3. The van der Waals surface area contributed by atoms with Gasteiger partial charge in [0, 0.05) is 23.1 Å². The Hall–Kier alpha value is -2.75. The van der Waals surface area contributed by atoms with Gasteiger partial charge >= 0.3 is 0 Å². The zero-order valence-electron chi connectivity index (χ0n) is 10.5. The molecule has 0 saturated carbocycles. The van der Waals surface area contributed by atoms with E-state index in [2.05, 4.69) is 0 Å². The monoisotopic (exact) mass is 268 g/mol. The maximum atomic E-state index is 12.2. The lowest BCUT2D eigenvalue weighted by molar-refractivity contribution is 0.104. The van der Waals surface area contributed by atoms with Crippen molar-refractivity contribution < 1.29 is 20.1 Å². The number of fused-ring (bicyclic) bond motifs is 1. The molecule has 4 nitrogen and oxygen atoms in total. The molecule has 0 spiro atoms. The van der Waals surface area contributed by atoms with E-state index >= 15 is 0 Å². The summed E-state index contributed by atoms with van der Waals surface area (Å²) in [4.78, 5) is 12.2. The van der Waals surface area contributed by atoms with E-state index in [0.717, 1.165) is 0 Å². The van der Waals surface area contributed by atoms with Crippen LogP contribution in [0.4, 0.5) is 0 Å². The van der Waals surface area contributed by atoms with Crippen molar-refractivity contribution in [2.45, 2.75) is 6.42 Å². The average molecular weight is 268 g/mol. The van der Waals surface area contributed by atoms with Crippen LogP contribution in [0, 0.1) is 0 Å². The quantitative estimate of drug-likeness (QED) is 0.549. The maximum absolute atomic E-state index is 12.2. The molecule has 20 heavy (non-hydrogen) atoms. The molecule has 0 atom stereocenters. The van der Waals surface area contributed by atoms with Gasteiger partial charge in [0.2, 0.25) is 0 Å². The molecule has 0 fully saturated rings. The van der Waals surface area contributed by atoms with Gasteiger partial charge in [-0.3, -0.25) is 4.79 Å². The van der Waals surface area contributed by atoms with Gasteiger partial charge in [0.05, 0.1) is 0 Å². The lowest BCUT2D eigenvalue weighted by atomic mass is 10.1. The average Bonchev–Trinajstić information content (AvgIpc) is 2.73. The topological polar surface area (TPSA) is 77.8 Å². The molecule has 0 bridgehead atoms. The number of carbonyl (C=O) groups is 1. The molecule has 100 valence electrons. The van der Waals surface area contributed by atoms with Crippen LogP contribution in [-0.4, -0.2) is 21.1 Å². The summed E-state index contributed by atoms with van der Waals surface area (Å²) in [5.74, 6) is -0.438. The van der Waals surface area contributed by atoms with E-state index < -0.39 is 0 Å². The number of aromatic hydroxyl groups is 3. The number of hydrogen-bond donors (Lipinski definition) is 3. The first-order valence-corrected chi connectivity index (χ1v) is 6.14. The minimum atomic E-state index is -0.231. The van der Waals surface area contributed by atoms with Gasteiger partial charge in [0.1, 0.15) is 5.75 Å². The summed E-state index contributed by atoms with van der Waals surface area (Å²) in [6.45, 7) is 0. The highest BCUT2D eigenvalue weighted by atomic mass is 16.3. The molecule has 3 rings (SSSR count). The van der Waals surface area contributed by atoms with Crippen LogP contribution in [0.5, 0.6) is 17.2 Å². The Morgan fingerprint density at radius 3 is 2.45 bits per heavy atom. The molecule has 0 unspecified atom stereocenters. The summed E-state index contributed by atoms with van der Waals surface area (Å²) in [7, 11) is 0. The van der Waals surface area contributed by atoms with Crippen molar-refractivity contribution in [3.8, 4) is 17.2 Å². The molecule has 1 aliphatic rings. The fraction of sp³-hybridized carbons (Fsp3) is 0.0625. The van der Waals surface area contributed by atoms with Crippen molar-refractivity contribution in [1.29, 1.82) is 0 Å². The van der Waals surface area contributed by atoms with Crippen LogP contribution < -0.4 is 0 Å². The fourth-order valence-electron chi connectivity index (χ4n) is 2.36. The minimum absolute atomic E-state index is 0.118. The van der Waals surface area contributed by atoms with Crippen molar-refractivity contribution in [2.24, 2.45) is 0 Å². The van der Waals surface area contributed by atoms with Crippen molar-refractivity contribution in [1.82, 2.24) is 0 Å². The van der Waals surface area contributed by atoms with Gasteiger partial charge in [-0.1, -0.05) is 18.2 Å². The fourth-order valence-corrected chi connectivity index (χ4v) is 2.36. The van der Waals surface area contributed by atoms with E-state index in [9.17, 15) is 20.1 Å². The number of ketones is 1. The van der Waals surface area contributed by atoms with E-state index in [-0.39, 0.29) is 23.0 Å². The summed E-state index contributed by atoms with van der Waals surface area (Å²) < 4.78 is 0. The number of Topliss-reactive ketones (excluding diaryl/α,β-unsaturated/α-hetero) is 1. The van der Waals surface area contributed by atoms with Crippen molar-refractivity contribution in [3.05, 3.63) is 58.7 Å². The van der Waals surface area contributed by atoms with E-state index in [1.165, 1.54) is 12.1 Å². The molecule has 2 aromatic carbocycles. The molecule has 4 heteroatoms. The molecule has 0 aromatic heterocycles. The third-order valence-corrected chi connectivity index (χ3v) is 3.40. The summed E-state index contributed by atoms with van der Waals surface area (Å²) >= 11 is 0. The molecule has 0 saturated heterocycles. The van der Waals surface area contributed by atoms with Crippen molar-refractivity contribution in [3.63, 3.8) is 0 Å². The molecule has 2 aromatic rings. The van der Waals surface area contributed by atoms with Crippen LogP contribution in [0.1, 0.15) is 21.5 Å². The normalized spacial score (nSPS) is 15.6. The minimum Gasteiger partial charge on any atom is -0.508 e. The van der Waals surface area contributed by atoms with Crippen LogP contribution in [0.25, 0.3) is 6.08 Å². The lowest BCUT2D eigenvalue weighted by Gasteiger charge is -2.00. The Morgan fingerprint density at radius 2 is 1.75 bits per heavy atom. The Balaban J connectivity index is 2.01. The predicted molar refractivity (Wildman–Crippen MR) is 73.9 cm³/mol. The summed E-state index contributed by atoms with van der Waals surface area (Å²) in [5.41, 5.74) is 2.31. The third kappa shape index (κ3) is 1.91. The predicted octanol–water partition coefficient (Wildman–Crippen LogP) is 2.63. The van der Waals surface area contributed by atoms with Crippen LogP contribution in [0.2, 0.25) is 0 Å². The second-order valence-electron chi connectivity index (χ2n) is 4.73. The number of benzene rings is 2. The van der Waals surface area contributed by atoms with Gasteiger partial charge < -0.3 is 15.3 Å². The third-order valence-electron chi connectivity index (χ3n) is 3.40. The van der Waals surface area contributed by atoms with Crippen LogP contribution in [0.15, 0.2) is 42.0 Å². The van der Waals surface area contributed by atoms with Crippen LogP contribution in [-0.2, 0) is 6.42 Å². The van der Waals surface area contributed by atoms with Gasteiger partial charge in [0.25, 0.3) is 0 Å². The zero-order valence-corrected chi connectivity index (χ0v) is 10.5. The van der Waals surface area contributed by atoms with Crippen LogP contribution >= 0.6 is 0 Å². The van der Waals surface area contributed by atoms with E-state index in [1.807, 2.05) is 0 Å². The van der Waals surface area contributed by atoms with Gasteiger partial charge in [-0.25, -0.2) is 0 Å². The number of hydrogen-bond acceptors (Lipinski definition) is 4. The van der Waals surface area contributed by atoms with Crippen molar-refractivity contribution >= 4 is 11.9 Å². The lowest BCUT2D eigenvalue weighted by Crippen LogP contribution is -1.94. The van der Waals surface area contributed by atoms with Gasteiger partial charge in [-0.05, 0) is 29.8 Å². The summed E-state index contributed by atoms with van der Waals surface area (Å²) in [6.07, 6.45) is 2.02. The molecule has 1 aliphatic carbocycles.